The van der Waals surface area contributed by atoms with Crippen LogP contribution < -0.4 is 5.32 Å². The van der Waals surface area contributed by atoms with Gasteiger partial charge in [-0.1, -0.05) is 59.0 Å². The SMILES string of the molecule is CNC/C(=C/c1ccc(C)cc1Br)C1CCCCC1. The van der Waals surface area contributed by atoms with Crippen LogP contribution in [0.5, 0.6) is 0 Å². The second kappa shape index (κ2) is 7.25. The minimum absolute atomic E-state index is 0.773. The van der Waals surface area contributed by atoms with Crippen LogP contribution in [0.3, 0.4) is 0 Å². The predicted molar refractivity (Wildman–Crippen MR) is 87.4 cm³/mol. The zero-order valence-electron chi connectivity index (χ0n) is 12.0. The topological polar surface area (TPSA) is 12.0 Å². The highest BCUT2D eigenvalue weighted by molar-refractivity contribution is 9.10. The van der Waals surface area contributed by atoms with E-state index in [1.54, 1.807) is 5.57 Å². The van der Waals surface area contributed by atoms with Gasteiger partial charge in [-0.2, -0.15) is 0 Å². The van der Waals surface area contributed by atoms with Crippen molar-refractivity contribution in [2.45, 2.75) is 39.0 Å². The Bertz CT molecular complexity index is 445. The van der Waals surface area contributed by atoms with Crippen molar-refractivity contribution in [2.75, 3.05) is 13.6 Å². The van der Waals surface area contributed by atoms with Crippen molar-refractivity contribution in [3.8, 4) is 0 Å². The Morgan fingerprint density at radius 2 is 2.05 bits per heavy atom. The molecule has 1 aromatic carbocycles. The molecule has 0 radical (unpaired) electrons. The monoisotopic (exact) mass is 321 g/mol. The van der Waals surface area contributed by atoms with Gasteiger partial charge in [0.15, 0.2) is 0 Å². The van der Waals surface area contributed by atoms with E-state index in [0.717, 1.165) is 12.5 Å². The molecular formula is C17H24BrN. The highest BCUT2D eigenvalue weighted by atomic mass is 79.9. The molecule has 0 atom stereocenters. The lowest BCUT2D eigenvalue weighted by atomic mass is 9.83. The molecule has 1 nitrogen and oxygen atoms in total. The van der Waals surface area contributed by atoms with E-state index in [4.69, 9.17) is 0 Å². The second-order valence-electron chi connectivity index (χ2n) is 5.61. The zero-order valence-corrected chi connectivity index (χ0v) is 13.6. The molecule has 1 N–H and O–H groups in total. The first-order valence-corrected chi connectivity index (χ1v) is 8.11. The van der Waals surface area contributed by atoms with Crippen LogP contribution in [0.15, 0.2) is 28.2 Å². The van der Waals surface area contributed by atoms with Gasteiger partial charge < -0.3 is 5.32 Å². The van der Waals surface area contributed by atoms with Crippen LogP contribution in [-0.4, -0.2) is 13.6 Å². The Balaban J connectivity index is 2.23. The van der Waals surface area contributed by atoms with E-state index in [1.807, 2.05) is 7.05 Å². The molecule has 2 rings (SSSR count). The first kappa shape index (κ1) is 14.8. The van der Waals surface area contributed by atoms with Gasteiger partial charge in [-0.15, -0.1) is 0 Å². The molecule has 0 aromatic heterocycles. The molecule has 2 heteroatoms. The van der Waals surface area contributed by atoms with E-state index >= 15 is 0 Å². The van der Waals surface area contributed by atoms with Crippen LogP contribution in [0.1, 0.15) is 43.2 Å². The van der Waals surface area contributed by atoms with Crippen molar-refractivity contribution < 1.29 is 0 Å². The Kier molecular flexibility index (Phi) is 5.65. The third kappa shape index (κ3) is 4.19. The molecule has 104 valence electrons. The number of benzene rings is 1. The molecule has 0 spiro atoms. The summed E-state index contributed by atoms with van der Waals surface area (Å²) < 4.78 is 1.21. The average Bonchev–Trinajstić information content (AvgIpc) is 2.42. The number of likely N-dealkylation sites (N-methyl/N-ethyl adjacent to an activating group) is 1. The zero-order chi connectivity index (χ0) is 13.7. The molecule has 1 aliphatic rings. The third-order valence-electron chi connectivity index (χ3n) is 4.01. The molecule has 19 heavy (non-hydrogen) atoms. The molecule has 1 fully saturated rings. The molecule has 0 heterocycles. The van der Waals surface area contributed by atoms with E-state index in [2.05, 4.69) is 52.4 Å². The van der Waals surface area contributed by atoms with E-state index in [0.29, 0.717) is 0 Å². The van der Waals surface area contributed by atoms with E-state index in [9.17, 15) is 0 Å². The molecule has 0 aliphatic heterocycles. The molecule has 0 amide bonds. The lowest BCUT2D eigenvalue weighted by Gasteiger charge is -2.25. The Morgan fingerprint density at radius 1 is 1.32 bits per heavy atom. The minimum atomic E-state index is 0.773. The van der Waals surface area contributed by atoms with Crippen LogP contribution in [-0.2, 0) is 0 Å². The van der Waals surface area contributed by atoms with Crippen LogP contribution in [0.2, 0.25) is 0 Å². The minimum Gasteiger partial charge on any atom is -0.316 e. The summed E-state index contributed by atoms with van der Waals surface area (Å²) in [6, 6.07) is 6.61. The van der Waals surface area contributed by atoms with Crippen molar-refractivity contribution in [1.29, 1.82) is 0 Å². The maximum Gasteiger partial charge on any atom is 0.0250 e. The fourth-order valence-corrected chi connectivity index (χ4v) is 3.55. The van der Waals surface area contributed by atoms with E-state index < -0.39 is 0 Å². The van der Waals surface area contributed by atoms with Crippen LogP contribution in [0.4, 0.5) is 0 Å². The summed E-state index contributed by atoms with van der Waals surface area (Å²) in [7, 11) is 2.04. The van der Waals surface area contributed by atoms with E-state index in [-0.39, 0.29) is 0 Å². The van der Waals surface area contributed by atoms with Crippen molar-refractivity contribution >= 4 is 22.0 Å². The second-order valence-corrected chi connectivity index (χ2v) is 6.46. The number of nitrogens with one attached hydrogen (secondary N) is 1. The first-order valence-electron chi connectivity index (χ1n) is 7.32. The molecule has 1 aromatic rings. The lowest BCUT2D eigenvalue weighted by Crippen LogP contribution is -2.19. The summed E-state index contributed by atoms with van der Waals surface area (Å²) in [6.45, 7) is 3.14. The fourth-order valence-electron chi connectivity index (χ4n) is 2.94. The molecule has 1 saturated carbocycles. The highest BCUT2D eigenvalue weighted by Crippen LogP contribution is 2.31. The highest BCUT2D eigenvalue weighted by Gasteiger charge is 2.17. The van der Waals surface area contributed by atoms with Crippen molar-refractivity contribution in [2.24, 2.45) is 5.92 Å². The number of halogens is 1. The van der Waals surface area contributed by atoms with Gasteiger partial charge in [0, 0.05) is 11.0 Å². The molecule has 1 aliphatic carbocycles. The number of hydrogen-bond acceptors (Lipinski definition) is 1. The predicted octanol–water partition coefficient (Wildman–Crippen LogP) is 4.94. The summed E-state index contributed by atoms with van der Waals surface area (Å²) in [6.07, 6.45) is 9.29. The summed E-state index contributed by atoms with van der Waals surface area (Å²) >= 11 is 3.69. The third-order valence-corrected chi connectivity index (χ3v) is 4.69. The van der Waals surface area contributed by atoms with Crippen LogP contribution in [0, 0.1) is 12.8 Å². The first-order chi connectivity index (χ1) is 9.20. The van der Waals surface area contributed by atoms with Gasteiger partial charge in [-0.3, -0.25) is 0 Å². The average molecular weight is 322 g/mol. The van der Waals surface area contributed by atoms with Crippen molar-refractivity contribution in [3.63, 3.8) is 0 Å². The summed E-state index contributed by atoms with van der Waals surface area (Å²) in [5, 5.41) is 3.33. The summed E-state index contributed by atoms with van der Waals surface area (Å²) in [4.78, 5) is 0. The normalized spacial score (nSPS) is 17.7. The van der Waals surface area contributed by atoms with Gasteiger partial charge >= 0.3 is 0 Å². The van der Waals surface area contributed by atoms with Gasteiger partial charge in [-0.25, -0.2) is 0 Å². The number of rotatable bonds is 4. The maximum absolute atomic E-state index is 3.69. The Morgan fingerprint density at radius 3 is 2.68 bits per heavy atom. The fraction of sp³-hybridized carbons (Fsp3) is 0.529. The Hall–Kier alpha value is -0.600. The van der Waals surface area contributed by atoms with Gasteiger partial charge in [0.1, 0.15) is 0 Å². The van der Waals surface area contributed by atoms with Gasteiger partial charge in [-0.05, 0) is 49.9 Å². The van der Waals surface area contributed by atoms with Crippen LogP contribution >= 0.6 is 15.9 Å². The molecule has 0 unspecified atom stereocenters. The maximum atomic E-state index is 3.69. The lowest BCUT2D eigenvalue weighted by molar-refractivity contribution is 0.398. The largest absolute Gasteiger partial charge is 0.316 e. The van der Waals surface area contributed by atoms with Gasteiger partial charge in [0.2, 0.25) is 0 Å². The van der Waals surface area contributed by atoms with Crippen molar-refractivity contribution in [3.05, 3.63) is 39.4 Å². The Labute approximate surface area is 125 Å². The number of aryl methyl sites for hydroxylation is 1. The van der Waals surface area contributed by atoms with Gasteiger partial charge in [0.05, 0.1) is 0 Å². The van der Waals surface area contributed by atoms with Crippen molar-refractivity contribution in [1.82, 2.24) is 5.32 Å². The smallest absolute Gasteiger partial charge is 0.0250 e. The summed E-state index contributed by atoms with van der Waals surface area (Å²) in [5.41, 5.74) is 4.17. The van der Waals surface area contributed by atoms with Gasteiger partial charge in [0.25, 0.3) is 0 Å². The van der Waals surface area contributed by atoms with Crippen LogP contribution in [0.25, 0.3) is 6.08 Å². The summed E-state index contributed by atoms with van der Waals surface area (Å²) in [5.74, 6) is 0.773. The molecule has 0 saturated heterocycles. The molecule has 0 bridgehead atoms. The standard InChI is InChI=1S/C17H24BrN/c1-13-8-9-15(17(18)10-13)11-16(12-19-2)14-6-4-3-5-7-14/h8-11,14,19H,3-7,12H2,1-2H3/b16-11-. The van der Waals surface area contributed by atoms with E-state index in [1.165, 1.54) is 47.7 Å². The number of hydrogen-bond donors (Lipinski definition) is 1. The molecular weight excluding hydrogens is 298 g/mol. The quantitative estimate of drug-likeness (QED) is 0.828.